The van der Waals surface area contributed by atoms with E-state index in [1.807, 2.05) is 0 Å². The van der Waals surface area contributed by atoms with Crippen molar-refractivity contribution >= 4 is 23.4 Å². The number of primary amides is 1. The van der Waals surface area contributed by atoms with Gasteiger partial charge >= 0.3 is 6.09 Å². The number of amides is 2. The molecule has 40 heavy (non-hydrogen) atoms. The molecule has 6 N–H and O–H groups in total. The second-order valence-electron chi connectivity index (χ2n) is 9.69. The average molecular weight is 561 g/mol. The summed E-state index contributed by atoms with van der Waals surface area (Å²) >= 11 is 0. The minimum Gasteiger partial charge on any atom is -0.508 e. The lowest BCUT2D eigenvalue weighted by Gasteiger charge is -2.28. The zero-order valence-corrected chi connectivity index (χ0v) is 23.9. The molecule has 1 aromatic carbocycles. The predicted octanol–water partition coefficient (Wildman–Crippen LogP) is 3.76. The van der Waals surface area contributed by atoms with Crippen LogP contribution in [0, 0.1) is 5.92 Å². The molecule has 0 radical (unpaired) electrons. The third kappa shape index (κ3) is 8.10. The first-order valence-corrected chi connectivity index (χ1v) is 12.7. The van der Waals surface area contributed by atoms with Gasteiger partial charge in [-0.25, -0.2) is 4.79 Å². The number of aliphatic hydroxyl groups is 1. The molecule has 1 aliphatic heterocycles. The van der Waals surface area contributed by atoms with Crippen molar-refractivity contribution in [1.82, 2.24) is 0 Å². The van der Waals surface area contributed by atoms with Crippen LogP contribution in [0.5, 0.6) is 11.5 Å². The number of benzene rings is 1. The first-order chi connectivity index (χ1) is 18.8. The van der Waals surface area contributed by atoms with Crippen molar-refractivity contribution in [2.75, 3.05) is 26.6 Å². The number of ether oxygens (including phenoxy) is 4. The summed E-state index contributed by atoms with van der Waals surface area (Å²) in [5, 5.41) is 35.2. The lowest BCUT2D eigenvalue weighted by Crippen LogP contribution is -2.36. The number of methoxy groups -OCH3 is 3. The third-order valence-electron chi connectivity index (χ3n) is 6.70. The molecule has 11 heteroatoms. The van der Waals surface area contributed by atoms with Crippen molar-refractivity contribution in [1.29, 1.82) is 0 Å². The normalized spacial score (nSPS) is 25.1. The summed E-state index contributed by atoms with van der Waals surface area (Å²) in [4.78, 5) is 24.6. The Hall–Kier alpha value is -3.80. The Morgan fingerprint density at radius 1 is 1.10 bits per heavy atom. The van der Waals surface area contributed by atoms with Crippen molar-refractivity contribution < 1.29 is 43.9 Å². The molecule has 220 valence electrons. The molecule has 2 amide bonds. The number of carbonyl (C=O) groups excluding carboxylic acids is 2. The van der Waals surface area contributed by atoms with E-state index in [1.54, 1.807) is 45.9 Å². The highest BCUT2D eigenvalue weighted by Gasteiger charge is 2.29. The molecule has 0 aromatic heterocycles. The molecule has 0 spiro atoms. The number of nitrogens with one attached hydrogen (secondary N) is 1. The van der Waals surface area contributed by atoms with Gasteiger partial charge in [0.15, 0.2) is 6.10 Å². The molecule has 1 heterocycles. The summed E-state index contributed by atoms with van der Waals surface area (Å²) < 4.78 is 22.1. The van der Waals surface area contributed by atoms with Gasteiger partial charge in [0.2, 0.25) is 0 Å². The fourth-order valence-electron chi connectivity index (χ4n) is 4.54. The molecule has 2 bridgehead atoms. The van der Waals surface area contributed by atoms with Gasteiger partial charge in [0, 0.05) is 38.2 Å². The second kappa shape index (κ2) is 14.5. The van der Waals surface area contributed by atoms with Crippen molar-refractivity contribution in [3.8, 4) is 11.5 Å². The highest BCUT2D eigenvalue weighted by atomic mass is 16.6. The van der Waals surface area contributed by atoms with Gasteiger partial charge in [-0.15, -0.1) is 0 Å². The molecular formula is C29H40N2O9. The Bertz CT molecular complexity index is 1200. The number of rotatable bonds is 4. The van der Waals surface area contributed by atoms with Crippen LogP contribution in [0.1, 0.15) is 39.7 Å². The molecule has 0 unspecified atom stereocenters. The van der Waals surface area contributed by atoms with Crippen molar-refractivity contribution in [2.24, 2.45) is 11.7 Å². The molecule has 0 fully saturated rings. The molecule has 1 aliphatic rings. The molecule has 0 saturated heterocycles. The van der Waals surface area contributed by atoms with Crippen LogP contribution in [0.25, 0.3) is 5.76 Å². The monoisotopic (exact) mass is 560 g/mol. The number of phenols is 2. The molecule has 1 aromatic rings. The topological polar surface area (TPSA) is 170 Å². The summed E-state index contributed by atoms with van der Waals surface area (Å²) in [6, 6.07) is 2.54. The zero-order valence-electron chi connectivity index (χ0n) is 23.9. The van der Waals surface area contributed by atoms with Crippen LogP contribution in [0.3, 0.4) is 0 Å². The van der Waals surface area contributed by atoms with E-state index in [-0.39, 0.29) is 40.5 Å². The Morgan fingerprint density at radius 3 is 2.35 bits per heavy atom. The number of allylic oxidation sites excluding steroid dienone is 2. The fourth-order valence-corrected chi connectivity index (χ4v) is 4.54. The van der Waals surface area contributed by atoms with Gasteiger partial charge in [-0.2, -0.15) is 0 Å². The fraction of sp³-hybridized carbons (Fsp3) is 0.448. The summed E-state index contributed by atoms with van der Waals surface area (Å²) in [6.45, 7) is 6.82. The summed E-state index contributed by atoms with van der Waals surface area (Å²) in [6.07, 6.45) is 2.22. The average Bonchev–Trinajstić information content (AvgIpc) is 2.90. The lowest BCUT2D eigenvalue weighted by atomic mass is 9.91. The summed E-state index contributed by atoms with van der Waals surface area (Å²) in [5.41, 5.74) is 6.90. The maximum Gasteiger partial charge on any atom is 0.405 e. The van der Waals surface area contributed by atoms with E-state index in [9.17, 15) is 24.9 Å². The largest absolute Gasteiger partial charge is 0.508 e. The standard InChI is InChI=1S/C29H40N2O9/c1-15-9-8-10-22(37-5)27(40-29(30)36)17(3)11-16(2)24(33)23(38-6)12-18(4)26(39-7)20-13-19(32)14-21(25(20)34)31-28(15)35/h8-11,13-14,16,22-24,27,32-34H,12H2,1-7H3,(H2,30,36)(H,31,35)/t16-,22+,23+,24+,27+/m1/s1. The Morgan fingerprint density at radius 2 is 1.77 bits per heavy atom. The molecule has 5 atom stereocenters. The minimum atomic E-state index is -1.00. The molecule has 11 nitrogen and oxygen atoms in total. The number of hydrogen-bond acceptors (Lipinski definition) is 9. The second-order valence-corrected chi connectivity index (χ2v) is 9.69. The van der Waals surface area contributed by atoms with Crippen molar-refractivity contribution in [3.05, 3.63) is 58.7 Å². The van der Waals surface area contributed by atoms with Gasteiger partial charge in [0.25, 0.3) is 5.91 Å². The van der Waals surface area contributed by atoms with Gasteiger partial charge in [-0.05, 0) is 38.0 Å². The molecular weight excluding hydrogens is 520 g/mol. The highest BCUT2D eigenvalue weighted by molar-refractivity contribution is 6.04. The summed E-state index contributed by atoms with van der Waals surface area (Å²) in [7, 11) is 4.31. The number of nitrogens with two attached hydrogens (primary N) is 1. The highest BCUT2D eigenvalue weighted by Crippen LogP contribution is 2.39. The molecule has 2 rings (SSSR count). The number of aliphatic hydroxyl groups excluding tert-OH is 1. The van der Waals surface area contributed by atoms with E-state index in [2.05, 4.69) is 5.32 Å². The molecule has 0 aliphatic carbocycles. The van der Waals surface area contributed by atoms with Gasteiger partial charge in [-0.1, -0.05) is 31.2 Å². The van der Waals surface area contributed by atoms with E-state index in [1.165, 1.54) is 39.5 Å². The smallest absolute Gasteiger partial charge is 0.405 e. The van der Waals surface area contributed by atoms with Crippen LogP contribution in [0.4, 0.5) is 10.5 Å². The number of aromatic hydroxyl groups is 2. The van der Waals surface area contributed by atoms with E-state index >= 15 is 0 Å². The van der Waals surface area contributed by atoms with Crippen LogP contribution >= 0.6 is 0 Å². The number of carbonyl (C=O) groups is 2. The number of fused-ring (bicyclic) bond motifs is 2. The maximum absolute atomic E-state index is 12.9. The first-order valence-electron chi connectivity index (χ1n) is 12.7. The maximum atomic E-state index is 12.9. The number of anilines is 1. The van der Waals surface area contributed by atoms with Crippen LogP contribution in [-0.2, 0) is 23.7 Å². The van der Waals surface area contributed by atoms with Crippen LogP contribution in [-0.4, -0.2) is 73.1 Å². The van der Waals surface area contributed by atoms with Crippen LogP contribution in [0.15, 0.2) is 53.2 Å². The third-order valence-corrected chi connectivity index (χ3v) is 6.70. The summed E-state index contributed by atoms with van der Waals surface area (Å²) in [5.74, 6) is -1.28. The van der Waals surface area contributed by atoms with Crippen molar-refractivity contribution in [2.45, 2.75) is 58.5 Å². The number of phenolic OH excluding ortho intramolecular Hbond substituents is 2. The zero-order chi connectivity index (χ0) is 30.1. The van der Waals surface area contributed by atoms with E-state index in [0.29, 0.717) is 11.1 Å². The van der Waals surface area contributed by atoms with Crippen molar-refractivity contribution in [3.63, 3.8) is 0 Å². The first kappa shape index (κ1) is 32.4. The van der Waals surface area contributed by atoms with Crippen LogP contribution in [0.2, 0.25) is 0 Å². The van der Waals surface area contributed by atoms with Gasteiger partial charge in [0.05, 0.1) is 30.6 Å². The van der Waals surface area contributed by atoms with E-state index < -0.39 is 42.3 Å². The quantitative estimate of drug-likeness (QED) is 0.209. The Kier molecular flexibility index (Phi) is 11.8. The SMILES string of the molecule is COC1=C(C)C[C@H](OC)[C@@H](O)[C@H](C)C=C(C)[C@H](OC(N)=O)[C@@H](OC)C=CC=C(C)C(=O)Nc2cc(O)cc1c2O. The van der Waals surface area contributed by atoms with E-state index in [0.717, 1.165) is 0 Å². The van der Waals surface area contributed by atoms with Gasteiger partial charge in [-0.3, -0.25) is 4.79 Å². The number of hydrogen-bond donors (Lipinski definition) is 5. The Balaban J connectivity index is 2.74. The van der Waals surface area contributed by atoms with Crippen LogP contribution < -0.4 is 11.1 Å². The molecule has 0 saturated carbocycles. The Labute approximate surface area is 234 Å². The minimum absolute atomic E-state index is 0.0292. The van der Waals surface area contributed by atoms with Gasteiger partial charge in [0.1, 0.15) is 23.4 Å². The lowest BCUT2D eigenvalue weighted by molar-refractivity contribution is -0.112. The predicted molar refractivity (Wildman–Crippen MR) is 150 cm³/mol. The van der Waals surface area contributed by atoms with E-state index in [4.69, 9.17) is 24.7 Å². The van der Waals surface area contributed by atoms with Gasteiger partial charge < -0.3 is 45.3 Å².